The molecule has 0 fully saturated rings. The summed E-state index contributed by atoms with van der Waals surface area (Å²) in [6.45, 7) is 1.37. The minimum atomic E-state index is -0.551. The fraction of sp³-hybridized carbons (Fsp3) is 0.217. The lowest BCUT2D eigenvalue weighted by Gasteiger charge is -2.15. The molecule has 160 valence electrons. The number of benzene rings is 3. The van der Waals surface area contributed by atoms with Gasteiger partial charge in [-0.1, -0.05) is 65.7 Å². The lowest BCUT2D eigenvalue weighted by molar-refractivity contribution is 0.174. The van der Waals surface area contributed by atoms with Crippen LogP contribution in [0.15, 0.2) is 66.7 Å². The number of halogens is 3. The van der Waals surface area contributed by atoms with Gasteiger partial charge in [-0.15, -0.1) is 12.4 Å². The van der Waals surface area contributed by atoms with E-state index in [0.717, 1.165) is 16.7 Å². The molecule has 2 N–H and O–H groups in total. The molecule has 3 aromatic rings. The van der Waals surface area contributed by atoms with Gasteiger partial charge >= 0.3 is 0 Å². The van der Waals surface area contributed by atoms with Crippen molar-refractivity contribution in [2.45, 2.75) is 19.3 Å². The Balaban J connectivity index is 0.00000320. The SMILES string of the molecule is COc1cc(CNCC(O)c2ccccc2)ccc1OCc1ccc(Cl)cc1Cl.Cl. The van der Waals surface area contributed by atoms with Crippen LogP contribution in [0.2, 0.25) is 10.0 Å². The van der Waals surface area contributed by atoms with Crippen molar-refractivity contribution >= 4 is 35.6 Å². The van der Waals surface area contributed by atoms with Crippen molar-refractivity contribution in [2.24, 2.45) is 0 Å². The first-order chi connectivity index (χ1) is 14.1. The van der Waals surface area contributed by atoms with E-state index in [2.05, 4.69) is 5.32 Å². The first-order valence-corrected chi connectivity index (χ1v) is 10.00. The Hall–Kier alpha value is -1.95. The summed E-state index contributed by atoms with van der Waals surface area (Å²) < 4.78 is 11.3. The van der Waals surface area contributed by atoms with Gasteiger partial charge in [0.2, 0.25) is 0 Å². The summed E-state index contributed by atoms with van der Waals surface area (Å²) in [6.07, 6.45) is -0.551. The molecule has 7 heteroatoms. The van der Waals surface area contributed by atoms with Crippen molar-refractivity contribution < 1.29 is 14.6 Å². The molecule has 1 atom stereocenters. The van der Waals surface area contributed by atoms with Gasteiger partial charge in [-0.3, -0.25) is 0 Å². The topological polar surface area (TPSA) is 50.7 Å². The molecule has 4 nitrogen and oxygen atoms in total. The van der Waals surface area contributed by atoms with Crippen molar-refractivity contribution in [2.75, 3.05) is 13.7 Å². The molecule has 0 amide bonds. The third-order valence-electron chi connectivity index (χ3n) is 4.48. The predicted molar refractivity (Wildman–Crippen MR) is 124 cm³/mol. The molecule has 0 aliphatic heterocycles. The molecule has 0 aliphatic carbocycles. The first kappa shape index (κ1) is 24.3. The highest BCUT2D eigenvalue weighted by atomic mass is 35.5. The Labute approximate surface area is 193 Å². The number of ether oxygens (including phenoxy) is 2. The molecule has 0 spiro atoms. The second-order valence-electron chi connectivity index (χ2n) is 6.57. The van der Waals surface area contributed by atoms with E-state index in [4.69, 9.17) is 32.7 Å². The van der Waals surface area contributed by atoms with Crippen LogP contribution in [-0.2, 0) is 13.2 Å². The largest absolute Gasteiger partial charge is 0.493 e. The maximum atomic E-state index is 10.2. The Morgan fingerprint density at radius 3 is 2.43 bits per heavy atom. The fourth-order valence-electron chi connectivity index (χ4n) is 2.88. The quantitative estimate of drug-likeness (QED) is 0.415. The van der Waals surface area contributed by atoms with E-state index in [1.54, 1.807) is 19.2 Å². The molecule has 0 heterocycles. The van der Waals surface area contributed by atoms with Crippen LogP contribution in [0, 0.1) is 0 Å². The highest BCUT2D eigenvalue weighted by molar-refractivity contribution is 6.35. The average Bonchev–Trinajstić information content (AvgIpc) is 2.74. The Morgan fingerprint density at radius 2 is 1.73 bits per heavy atom. The van der Waals surface area contributed by atoms with E-state index in [1.165, 1.54) is 0 Å². The zero-order valence-electron chi connectivity index (χ0n) is 16.5. The van der Waals surface area contributed by atoms with Gasteiger partial charge in [0.15, 0.2) is 11.5 Å². The smallest absolute Gasteiger partial charge is 0.161 e. The first-order valence-electron chi connectivity index (χ1n) is 9.24. The van der Waals surface area contributed by atoms with Crippen LogP contribution in [0.4, 0.5) is 0 Å². The zero-order valence-corrected chi connectivity index (χ0v) is 18.8. The molecule has 0 aliphatic rings. The van der Waals surface area contributed by atoms with Gasteiger partial charge in [0.05, 0.1) is 13.2 Å². The second kappa shape index (κ2) is 12.0. The van der Waals surface area contributed by atoms with E-state index in [9.17, 15) is 5.11 Å². The van der Waals surface area contributed by atoms with Crippen LogP contribution >= 0.6 is 35.6 Å². The van der Waals surface area contributed by atoms with Crippen molar-refractivity contribution in [3.8, 4) is 11.5 Å². The van der Waals surface area contributed by atoms with Gasteiger partial charge in [0.25, 0.3) is 0 Å². The molecule has 3 aromatic carbocycles. The van der Waals surface area contributed by atoms with E-state index >= 15 is 0 Å². The van der Waals surface area contributed by atoms with Crippen LogP contribution in [0.25, 0.3) is 0 Å². The molecule has 30 heavy (non-hydrogen) atoms. The maximum absolute atomic E-state index is 10.2. The summed E-state index contributed by atoms with van der Waals surface area (Å²) in [4.78, 5) is 0. The molecule has 3 rings (SSSR count). The maximum Gasteiger partial charge on any atom is 0.161 e. The molecular weight excluding hydrogens is 445 g/mol. The van der Waals surface area contributed by atoms with Crippen LogP contribution < -0.4 is 14.8 Å². The van der Waals surface area contributed by atoms with Crippen LogP contribution in [0.1, 0.15) is 22.8 Å². The summed E-state index contributed by atoms with van der Waals surface area (Å²) in [5, 5.41) is 14.7. The Kier molecular flexibility index (Phi) is 9.76. The van der Waals surface area contributed by atoms with E-state index in [1.807, 2.05) is 54.6 Å². The van der Waals surface area contributed by atoms with Gasteiger partial charge in [-0.25, -0.2) is 0 Å². The van der Waals surface area contributed by atoms with Crippen LogP contribution in [-0.4, -0.2) is 18.8 Å². The molecule has 0 saturated heterocycles. The van der Waals surface area contributed by atoms with E-state index in [0.29, 0.717) is 41.2 Å². The van der Waals surface area contributed by atoms with Crippen LogP contribution in [0.3, 0.4) is 0 Å². The number of hydrogen-bond donors (Lipinski definition) is 2. The van der Waals surface area contributed by atoms with Crippen LogP contribution in [0.5, 0.6) is 11.5 Å². The summed E-state index contributed by atoms with van der Waals surface area (Å²) in [6, 6.07) is 20.6. The van der Waals surface area contributed by atoms with Gasteiger partial charge < -0.3 is 19.9 Å². The van der Waals surface area contributed by atoms with Crippen molar-refractivity contribution in [1.29, 1.82) is 0 Å². The van der Waals surface area contributed by atoms with Crippen molar-refractivity contribution in [3.05, 3.63) is 93.5 Å². The Bertz CT molecular complexity index is 938. The molecule has 1 unspecified atom stereocenters. The molecule has 0 bridgehead atoms. The number of aliphatic hydroxyl groups excluding tert-OH is 1. The van der Waals surface area contributed by atoms with Crippen molar-refractivity contribution in [3.63, 3.8) is 0 Å². The van der Waals surface area contributed by atoms with Crippen molar-refractivity contribution in [1.82, 2.24) is 5.32 Å². The highest BCUT2D eigenvalue weighted by Crippen LogP contribution is 2.30. The highest BCUT2D eigenvalue weighted by Gasteiger charge is 2.10. The number of methoxy groups -OCH3 is 1. The van der Waals surface area contributed by atoms with E-state index in [-0.39, 0.29) is 12.4 Å². The lowest BCUT2D eigenvalue weighted by atomic mass is 10.1. The summed E-state index contributed by atoms with van der Waals surface area (Å²) in [7, 11) is 1.60. The Morgan fingerprint density at radius 1 is 0.967 bits per heavy atom. The third-order valence-corrected chi connectivity index (χ3v) is 5.06. The average molecular weight is 469 g/mol. The summed E-state index contributed by atoms with van der Waals surface area (Å²) >= 11 is 12.1. The minimum absolute atomic E-state index is 0. The second-order valence-corrected chi connectivity index (χ2v) is 7.41. The predicted octanol–water partition coefficient (Wildman–Crippen LogP) is 5.83. The number of nitrogens with one attached hydrogen (secondary N) is 1. The minimum Gasteiger partial charge on any atom is -0.493 e. The number of aliphatic hydroxyl groups is 1. The molecule has 0 saturated carbocycles. The standard InChI is InChI=1S/C23H23Cl2NO3.ClH/c1-28-23-11-16(13-26-14-21(27)17-5-3-2-4-6-17)7-10-22(23)29-15-18-8-9-19(24)12-20(18)25;/h2-12,21,26-27H,13-15H2,1H3;1H. The molecule has 0 radical (unpaired) electrons. The lowest BCUT2D eigenvalue weighted by Crippen LogP contribution is -2.21. The van der Waals surface area contributed by atoms with E-state index < -0.39 is 6.10 Å². The molecular formula is C23H24Cl3NO3. The normalized spacial score (nSPS) is 11.5. The summed E-state index contributed by atoms with van der Waals surface area (Å²) in [5.41, 5.74) is 2.76. The van der Waals surface area contributed by atoms with Gasteiger partial charge in [-0.2, -0.15) is 0 Å². The molecule has 0 aromatic heterocycles. The monoisotopic (exact) mass is 467 g/mol. The summed E-state index contributed by atoms with van der Waals surface area (Å²) in [5.74, 6) is 1.27. The number of hydrogen-bond acceptors (Lipinski definition) is 4. The van der Waals surface area contributed by atoms with Gasteiger partial charge in [-0.05, 0) is 35.4 Å². The fourth-order valence-corrected chi connectivity index (χ4v) is 3.34. The zero-order chi connectivity index (χ0) is 20.6. The van der Waals surface area contributed by atoms with Gasteiger partial charge in [0.1, 0.15) is 6.61 Å². The van der Waals surface area contributed by atoms with Gasteiger partial charge in [0, 0.05) is 28.7 Å². The number of rotatable bonds is 9. The third kappa shape index (κ3) is 6.79.